The lowest BCUT2D eigenvalue weighted by atomic mass is 9.76. The van der Waals surface area contributed by atoms with Crippen LogP contribution in [0.25, 0.3) is 0 Å². The lowest BCUT2D eigenvalue weighted by molar-refractivity contribution is 0.481. The average Bonchev–Trinajstić information content (AvgIpc) is 2.56. The zero-order valence-corrected chi connectivity index (χ0v) is 15.0. The predicted octanol–water partition coefficient (Wildman–Crippen LogP) is 5.59. The van der Waals surface area contributed by atoms with Crippen molar-refractivity contribution in [1.29, 1.82) is 5.26 Å². The van der Waals surface area contributed by atoms with Gasteiger partial charge in [-0.25, -0.2) is 0 Å². The Labute approximate surface area is 145 Å². The van der Waals surface area contributed by atoms with Crippen molar-refractivity contribution in [3.8, 4) is 6.07 Å². The molecule has 0 N–H and O–H groups in total. The number of pyridine rings is 1. The number of rotatable bonds is 7. The number of hydrogen-bond acceptors (Lipinski definition) is 3. The largest absolute Gasteiger partial charge is 0.264 e. The number of thioether (sulfide) groups is 1. The van der Waals surface area contributed by atoms with Crippen molar-refractivity contribution < 1.29 is 0 Å². The molecule has 0 bridgehead atoms. The van der Waals surface area contributed by atoms with Crippen molar-refractivity contribution in [2.45, 2.75) is 36.5 Å². The van der Waals surface area contributed by atoms with E-state index in [4.69, 9.17) is 0 Å². The smallest absolute Gasteiger partial charge is 0.0845 e. The summed E-state index contributed by atoms with van der Waals surface area (Å²) in [6.45, 7) is 2.13. The molecule has 1 unspecified atom stereocenters. The van der Waals surface area contributed by atoms with Crippen LogP contribution in [0.4, 0.5) is 0 Å². The summed E-state index contributed by atoms with van der Waals surface area (Å²) in [4.78, 5) is 5.43. The number of halogens is 1. The average molecular weight is 375 g/mol. The van der Waals surface area contributed by atoms with Gasteiger partial charge in [-0.2, -0.15) is 5.26 Å². The third kappa shape index (κ3) is 4.34. The summed E-state index contributed by atoms with van der Waals surface area (Å²) >= 11 is 5.25. The minimum absolute atomic E-state index is 0.425. The van der Waals surface area contributed by atoms with Crippen LogP contribution in [-0.4, -0.2) is 10.7 Å². The molecule has 1 aromatic carbocycles. The topological polar surface area (TPSA) is 36.7 Å². The lowest BCUT2D eigenvalue weighted by Crippen LogP contribution is -2.25. The molecule has 1 aromatic heterocycles. The minimum Gasteiger partial charge on any atom is -0.264 e. The SMILES string of the molecule is CCCC(C#N)(CCSc1ccc(Br)cc1)c1cccnc1. The standard InChI is InChI=1S/C18H19BrN2S/c1-2-9-18(14-20,15-4-3-11-21-13-15)10-12-22-17-7-5-16(19)6-8-17/h3-8,11,13H,2,9-10,12H2,1H3. The Kier molecular flexibility index (Phi) is 6.48. The van der Waals surface area contributed by atoms with Crippen molar-refractivity contribution in [1.82, 2.24) is 4.98 Å². The van der Waals surface area contributed by atoms with Gasteiger partial charge >= 0.3 is 0 Å². The van der Waals surface area contributed by atoms with E-state index in [9.17, 15) is 5.26 Å². The molecule has 2 rings (SSSR count). The van der Waals surface area contributed by atoms with Gasteiger partial charge in [0.25, 0.3) is 0 Å². The van der Waals surface area contributed by atoms with Gasteiger partial charge in [0.05, 0.1) is 11.5 Å². The molecule has 0 saturated carbocycles. The number of hydrogen-bond donors (Lipinski definition) is 0. The Hall–Kier alpha value is -1.31. The Bertz CT molecular complexity index is 622. The van der Waals surface area contributed by atoms with Crippen LogP contribution in [-0.2, 0) is 5.41 Å². The van der Waals surface area contributed by atoms with Crippen molar-refractivity contribution in [2.24, 2.45) is 0 Å². The molecule has 0 spiro atoms. The van der Waals surface area contributed by atoms with Crippen molar-refractivity contribution in [3.63, 3.8) is 0 Å². The highest BCUT2D eigenvalue weighted by atomic mass is 79.9. The highest BCUT2D eigenvalue weighted by molar-refractivity contribution is 9.10. The van der Waals surface area contributed by atoms with Crippen LogP contribution in [0, 0.1) is 11.3 Å². The molecular formula is C18H19BrN2S. The van der Waals surface area contributed by atoms with Crippen LogP contribution >= 0.6 is 27.7 Å². The van der Waals surface area contributed by atoms with Crippen LogP contribution in [0.3, 0.4) is 0 Å². The molecule has 4 heteroatoms. The maximum absolute atomic E-state index is 9.80. The molecule has 22 heavy (non-hydrogen) atoms. The second-order valence-electron chi connectivity index (χ2n) is 5.24. The van der Waals surface area contributed by atoms with Crippen LogP contribution < -0.4 is 0 Å². The van der Waals surface area contributed by atoms with E-state index >= 15 is 0 Å². The Morgan fingerprint density at radius 3 is 2.59 bits per heavy atom. The van der Waals surface area contributed by atoms with Crippen molar-refractivity contribution in [2.75, 3.05) is 5.75 Å². The zero-order chi connectivity index (χ0) is 15.8. The van der Waals surface area contributed by atoms with E-state index in [1.807, 2.05) is 30.5 Å². The zero-order valence-electron chi connectivity index (χ0n) is 12.6. The summed E-state index contributed by atoms with van der Waals surface area (Å²) < 4.78 is 1.09. The van der Waals surface area contributed by atoms with Crippen LogP contribution in [0.2, 0.25) is 0 Å². The van der Waals surface area contributed by atoms with E-state index in [0.717, 1.165) is 35.1 Å². The molecule has 0 amide bonds. The summed E-state index contributed by atoms with van der Waals surface area (Å²) in [5.74, 6) is 0.921. The first kappa shape index (κ1) is 17.1. The molecule has 1 heterocycles. The Morgan fingerprint density at radius 2 is 2.00 bits per heavy atom. The van der Waals surface area contributed by atoms with Gasteiger partial charge in [0.15, 0.2) is 0 Å². The van der Waals surface area contributed by atoms with E-state index in [1.165, 1.54) is 4.90 Å². The first-order valence-corrected chi connectivity index (χ1v) is 9.18. The highest BCUT2D eigenvalue weighted by Gasteiger charge is 2.31. The van der Waals surface area contributed by atoms with E-state index in [0.29, 0.717) is 0 Å². The maximum Gasteiger partial charge on any atom is 0.0845 e. The van der Waals surface area contributed by atoms with E-state index in [1.54, 1.807) is 18.0 Å². The monoisotopic (exact) mass is 374 g/mol. The van der Waals surface area contributed by atoms with Crippen LogP contribution in [0.15, 0.2) is 58.2 Å². The van der Waals surface area contributed by atoms with E-state index in [-0.39, 0.29) is 0 Å². The van der Waals surface area contributed by atoms with Crippen molar-refractivity contribution in [3.05, 3.63) is 58.8 Å². The second kappa shape index (κ2) is 8.36. The number of nitrogens with zero attached hydrogens (tertiary/aromatic N) is 2. The summed E-state index contributed by atoms with van der Waals surface area (Å²) in [5, 5.41) is 9.80. The Balaban J connectivity index is 2.07. The first-order chi connectivity index (χ1) is 10.7. The number of benzene rings is 1. The molecule has 114 valence electrons. The van der Waals surface area contributed by atoms with E-state index in [2.05, 4.69) is 46.0 Å². The van der Waals surface area contributed by atoms with Crippen LogP contribution in [0.5, 0.6) is 0 Å². The minimum atomic E-state index is -0.425. The van der Waals surface area contributed by atoms with Gasteiger partial charge < -0.3 is 0 Å². The summed E-state index contributed by atoms with van der Waals surface area (Å²) in [7, 11) is 0. The quantitative estimate of drug-likeness (QED) is 0.592. The summed E-state index contributed by atoms with van der Waals surface area (Å²) in [5.41, 5.74) is 0.613. The van der Waals surface area contributed by atoms with Gasteiger partial charge in [-0.15, -0.1) is 11.8 Å². The number of aromatic nitrogens is 1. The summed E-state index contributed by atoms with van der Waals surface area (Å²) in [6, 6.07) is 14.8. The second-order valence-corrected chi connectivity index (χ2v) is 7.32. The van der Waals surface area contributed by atoms with Gasteiger partial charge in [-0.1, -0.05) is 35.3 Å². The first-order valence-electron chi connectivity index (χ1n) is 7.40. The van der Waals surface area contributed by atoms with Gasteiger partial charge in [-0.05, 0) is 54.5 Å². The van der Waals surface area contributed by atoms with Gasteiger partial charge in [0.2, 0.25) is 0 Å². The van der Waals surface area contributed by atoms with Gasteiger partial charge in [0, 0.05) is 21.8 Å². The van der Waals surface area contributed by atoms with Crippen molar-refractivity contribution >= 4 is 27.7 Å². The fourth-order valence-electron chi connectivity index (χ4n) is 2.54. The maximum atomic E-state index is 9.80. The molecule has 0 aliphatic carbocycles. The molecule has 0 aliphatic heterocycles. The molecule has 0 fully saturated rings. The summed E-state index contributed by atoms with van der Waals surface area (Å²) in [6.07, 6.45) is 6.29. The van der Waals surface area contributed by atoms with E-state index < -0.39 is 5.41 Å². The molecule has 2 aromatic rings. The predicted molar refractivity (Wildman–Crippen MR) is 95.9 cm³/mol. The molecule has 0 aliphatic rings. The fourth-order valence-corrected chi connectivity index (χ4v) is 3.82. The van der Waals surface area contributed by atoms with Crippen LogP contribution in [0.1, 0.15) is 31.7 Å². The fraction of sp³-hybridized carbons (Fsp3) is 0.333. The molecular weight excluding hydrogens is 356 g/mol. The third-order valence-corrected chi connectivity index (χ3v) is 5.26. The Morgan fingerprint density at radius 1 is 1.23 bits per heavy atom. The molecule has 0 saturated heterocycles. The van der Waals surface area contributed by atoms with Gasteiger partial charge in [-0.3, -0.25) is 4.98 Å². The molecule has 0 radical (unpaired) electrons. The number of nitriles is 1. The highest BCUT2D eigenvalue weighted by Crippen LogP contribution is 2.34. The lowest BCUT2D eigenvalue weighted by Gasteiger charge is -2.26. The normalized spacial score (nSPS) is 13.3. The van der Waals surface area contributed by atoms with Gasteiger partial charge in [0.1, 0.15) is 0 Å². The third-order valence-electron chi connectivity index (χ3n) is 3.72. The molecule has 1 atom stereocenters. The molecule has 2 nitrogen and oxygen atoms in total.